The van der Waals surface area contributed by atoms with Gasteiger partial charge in [-0.05, 0) is 23.8 Å². The molecular formula is C11H8BrFO3. The van der Waals surface area contributed by atoms with Crippen LogP contribution in [-0.4, -0.2) is 16.9 Å². The second-order valence-corrected chi connectivity index (χ2v) is 4.76. The number of aliphatic carboxylic acids is 1. The summed E-state index contributed by atoms with van der Waals surface area (Å²) >= 11 is 3.19. The quantitative estimate of drug-likeness (QED) is 0.907. The van der Waals surface area contributed by atoms with Gasteiger partial charge in [0, 0.05) is 17.3 Å². The zero-order valence-electron chi connectivity index (χ0n) is 8.17. The van der Waals surface area contributed by atoms with E-state index in [2.05, 4.69) is 15.9 Å². The molecule has 0 heterocycles. The number of Topliss-reactive ketones (excluding diaryl/α,β-unsaturated/α-hetero) is 1. The molecule has 3 nitrogen and oxygen atoms in total. The molecule has 2 rings (SSSR count). The van der Waals surface area contributed by atoms with E-state index in [9.17, 15) is 19.1 Å². The summed E-state index contributed by atoms with van der Waals surface area (Å²) in [6.07, 6.45) is -0.130. The predicted octanol–water partition coefficient (Wildman–Crippen LogP) is 2.27. The lowest BCUT2D eigenvalue weighted by molar-refractivity contribution is -0.153. The lowest BCUT2D eigenvalue weighted by atomic mass is 9.63. The number of carboxylic acid groups (broad SMARTS) is 1. The Morgan fingerprint density at radius 2 is 2.06 bits per heavy atom. The summed E-state index contributed by atoms with van der Waals surface area (Å²) in [6.45, 7) is 0. The molecule has 1 aromatic carbocycles. The van der Waals surface area contributed by atoms with E-state index >= 15 is 0 Å². The average molecular weight is 287 g/mol. The largest absolute Gasteiger partial charge is 0.481 e. The number of hydrogen-bond donors (Lipinski definition) is 1. The van der Waals surface area contributed by atoms with E-state index in [1.807, 2.05) is 0 Å². The third-order valence-corrected chi connectivity index (χ3v) is 3.54. The number of carbonyl (C=O) groups is 2. The molecule has 0 aliphatic heterocycles. The van der Waals surface area contributed by atoms with E-state index in [1.54, 1.807) is 0 Å². The monoisotopic (exact) mass is 286 g/mol. The van der Waals surface area contributed by atoms with E-state index in [0.29, 0.717) is 10.0 Å². The van der Waals surface area contributed by atoms with E-state index in [1.165, 1.54) is 18.2 Å². The van der Waals surface area contributed by atoms with Crippen molar-refractivity contribution in [2.24, 2.45) is 0 Å². The lowest BCUT2D eigenvalue weighted by Gasteiger charge is -2.37. The number of ketones is 1. The Hall–Kier alpha value is -1.23. The first-order valence-electron chi connectivity index (χ1n) is 4.66. The maximum absolute atomic E-state index is 13.1. The van der Waals surface area contributed by atoms with Gasteiger partial charge in [0.05, 0.1) is 0 Å². The van der Waals surface area contributed by atoms with Crippen molar-refractivity contribution in [1.82, 2.24) is 0 Å². The summed E-state index contributed by atoms with van der Waals surface area (Å²) in [5.41, 5.74) is -0.919. The number of carboxylic acids is 1. The molecule has 0 unspecified atom stereocenters. The van der Waals surface area contributed by atoms with Gasteiger partial charge >= 0.3 is 5.97 Å². The molecule has 0 bridgehead atoms. The van der Waals surface area contributed by atoms with Crippen LogP contribution >= 0.6 is 15.9 Å². The second-order valence-electron chi connectivity index (χ2n) is 3.90. The molecule has 84 valence electrons. The minimum absolute atomic E-state index is 0.0651. The van der Waals surface area contributed by atoms with Crippen molar-refractivity contribution in [3.63, 3.8) is 0 Å². The van der Waals surface area contributed by atoms with Crippen molar-refractivity contribution >= 4 is 27.7 Å². The Kier molecular flexibility index (Phi) is 2.58. The summed E-state index contributed by atoms with van der Waals surface area (Å²) in [7, 11) is 0. The molecule has 0 aromatic heterocycles. The van der Waals surface area contributed by atoms with Crippen LogP contribution in [-0.2, 0) is 15.0 Å². The molecule has 0 spiro atoms. The number of rotatable bonds is 2. The Morgan fingerprint density at radius 3 is 2.56 bits per heavy atom. The van der Waals surface area contributed by atoms with Crippen LogP contribution in [0.1, 0.15) is 18.4 Å². The molecule has 1 fully saturated rings. The van der Waals surface area contributed by atoms with Gasteiger partial charge in [-0.15, -0.1) is 0 Å². The number of halogens is 2. The van der Waals surface area contributed by atoms with Crippen LogP contribution in [0.5, 0.6) is 0 Å². The van der Waals surface area contributed by atoms with Crippen molar-refractivity contribution < 1.29 is 19.1 Å². The SMILES string of the molecule is O=C1CC(C(=O)O)(c2cc(F)ccc2Br)C1. The summed E-state index contributed by atoms with van der Waals surface area (Å²) < 4.78 is 13.6. The van der Waals surface area contributed by atoms with E-state index in [4.69, 9.17) is 0 Å². The molecule has 1 saturated carbocycles. The fourth-order valence-electron chi connectivity index (χ4n) is 1.94. The predicted molar refractivity (Wildman–Crippen MR) is 57.7 cm³/mol. The van der Waals surface area contributed by atoms with Crippen molar-refractivity contribution in [3.05, 3.63) is 34.1 Å². The van der Waals surface area contributed by atoms with Crippen LogP contribution < -0.4 is 0 Å². The van der Waals surface area contributed by atoms with Crippen molar-refractivity contribution in [2.75, 3.05) is 0 Å². The maximum atomic E-state index is 13.1. The van der Waals surface area contributed by atoms with E-state index in [0.717, 1.165) is 0 Å². The fraction of sp³-hybridized carbons (Fsp3) is 0.273. The van der Waals surface area contributed by atoms with Gasteiger partial charge in [0.1, 0.15) is 17.0 Å². The van der Waals surface area contributed by atoms with Crippen molar-refractivity contribution in [3.8, 4) is 0 Å². The van der Waals surface area contributed by atoms with Gasteiger partial charge in [0.15, 0.2) is 0 Å². The van der Waals surface area contributed by atoms with Gasteiger partial charge < -0.3 is 5.11 Å². The van der Waals surface area contributed by atoms with E-state index < -0.39 is 17.2 Å². The molecular weight excluding hydrogens is 279 g/mol. The van der Waals surface area contributed by atoms with Crippen LogP contribution in [0.4, 0.5) is 4.39 Å². The highest BCUT2D eigenvalue weighted by Crippen LogP contribution is 2.44. The molecule has 0 saturated heterocycles. The number of carbonyl (C=O) groups excluding carboxylic acids is 1. The van der Waals surface area contributed by atoms with Gasteiger partial charge in [-0.25, -0.2) is 4.39 Å². The summed E-state index contributed by atoms with van der Waals surface area (Å²) in [5.74, 6) is -1.70. The lowest BCUT2D eigenvalue weighted by Crippen LogP contribution is -2.48. The third kappa shape index (κ3) is 1.55. The summed E-state index contributed by atoms with van der Waals surface area (Å²) in [4.78, 5) is 22.2. The van der Waals surface area contributed by atoms with Crippen LogP contribution in [0.25, 0.3) is 0 Å². The molecule has 1 aliphatic rings. The van der Waals surface area contributed by atoms with Crippen LogP contribution in [0.15, 0.2) is 22.7 Å². The first-order valence-corrected chi connectivity index (χ1v) is 5.46. The highest BCUT2D eigenvalue weighted by molar-refractivity contribution is 9.10. The summed E-state index contributed by atoms with van der Waals surface area (Å²) in [5, 5.41) is 9.17. The first-order chi connectivity index (χ1) is 7.45. The van der Waals surface area contributed by atoms with Crippen LogP contribution in [0.2, 0.25) is 0 Å². The molecule has 16 heavy (non-hydrogen) atoms. The Bertz CT molecular complexity index is 476. The van der Waals surface area contributed by atoms with Crippen LogP contribution in [0.3, 0.4) is 0 Å². The van der Waals surface area contributed by atoms with Gasteiger partial charge in [-0.1, -0.05) is 15.9 Å². The zero-order valence-corrected chi connectivity index (χ0v) is 9.75. The second kappa shape index (κ2) is 3.66. The molecule has 0 amide bonds. The third-order valence-electron chi connectivity index (χ3n) is 2.85. The number of hydrogen-bond acceptors (Lipinski definition) is 2. The topological polar surface area (TPSA) is 54.4 Å². The van der Waals surface area contributed by atoms with Crippen LogP contribution in [0, 0.1) is 5.82 Å². The van der Waals surface area contributed by atoms with Crippen molar-refractivity contribution in [2.45, 2.75) is 18.3 Å². The maximum Gasteiger partial charge on any atom is 0.315 e. The molecule has 0 atom stereocenters. The molecule has 0 radical (unpaired) electrons. The molecule has 1 aromatic rings. The van der Waals surface area contributed by atoms with Gasteiger partial charge in [-0.2, -0.15) is 0 Å². The highest BCUT2D eigenvalue weighted by Gasteiger charge is 2.52. The molecule has 5 heteroatoms. The molecule has 1 N–H and O–H groups in total. The average Bonchev–Trinajstić information content (AvgIpc) is 2.16. The minimum Gasteiger partial charge on any atom is -0.481 e. The van der Waals surface area contributed by atoms with Gasteiger partial charge in [-0.3, -0.25) is 9.59 Å². The Morgan fingerprint density at radius 1 is 1.44 bits per heavy atom. The van der Waals surface area contributed by atoms with E-state index in [-0.39, 0.29) is 18.6 Å². The van der Waals surface area contributed by atoms with Gasteiger partial charge in [0.2, 0.25) is 0 Å². The zero-order chi connectivity index (χ0) is 11.9. The Labute approximate surface area is 99.4 Å². The van der Waals surface area contributed by atoms with Crippen molar-refractivity contribution in [1.29, 1.82) is 0 Å². The standard InChI is InChI=1S/C11H8BrFO3/c12-9-2-1-6(13)3-8(9)11(10(15)16)4-7(14)5-11/h1-3H,4-5H2,(H,15,16). The first kappa shape index (κ1) is 11.3. The molecule has 1 aliphatic carbocycles. The minimum atomic E-state index is -1.25. The smallest absolute Gasteiger partial charge is 0.315 e. The Balaban J connectivity index is 2.52. The number of benzene rings is 1. The fourth-order valence-corrected chi connectivity index (χ4v) is 2.57. The van der Waals surface area contributed by atoms with Gasteiger partial charge in [0.25, 0.3) is 0 Å². The normalized spacial score (nSPS) is 18.0. The highest BCUT2D eigenvalue weighted by atomic mass is 79.9. The summed E-state index contributed by atoms with van der Waals surface area (Å²) in [6, 6.07) is 3.87.